The van der Waals surface area contributed by atoms with Gasteiger partial charge in [0.1, 0.15) is 23.9 Å². The summed E-state index contributed by atoms with van der Waals surface area (Å²) in [5, 5.41) is 2.53. The summed E-state index contributed by atoms with van der Waals surface area (Å²) in [6.45, 7) is 0.936. The SMILES string of the molecule is CC(=O)Nc1ccc(Oc2ccc(N3C(=O)CN(c4cncc(C(F)(F)F)c4)C3=O)cc2)cn1. The number of nitrogens with one attached hydrogen (secondary N) is 1. The quantitative estimate of drug-likeness (QED) is 0.559. The minimum Gasteiger partial charge on any atom is -0.456 e. The fourth-order valence-corrected chi connectivity index (χ4v) is 3.18. The molecule has 0 radical (unpaired) electrons. The second kappa shape index (κ2) is 8.81. The molecular weight excluding hydrogens is 455 g/mol. The predicted molar refractivity (Wildman–Crippen MR) is 115 cm³/mol. The van der Waals surface area contributed by atoms with Crippen molar-refractivity contribution in [2.24, 2.45) is 0 Å². The Morgan fingerprint density at radius 1 is 1.00 bits per heavy atom. The van der Waals surface area contributed by atoms with Crippen LogP contribution in [0.3, 0.4) is 0 Å². The molecule has 1 N–H and O–H groups in total. The number of halogens is 3. The maximum absolute atomic E-state index is 13.0. The van der Waals surface area contributed by atoms with E-state index in [0.717, 1.165) is 22.1 Å². The molecular formula is C22H16F3N5O4. The maximum atomic E-state index is 13.0. The van der Waals surface area contributed by atoms with Crippen LogP contribution in [0.15, 0.2) is 61.1 Å². The molecule has 0 bridgehead atoms. The molecule has 1 aliphatic rings. The summed E-state index contributed by atoms with van der Waals surface area (Å²) in [5.74, 6) is 0.274. The Labute approximate surface area is 190 Å². The summed E-state index contributed by atoms with van der Waals surface area (Å²) in [5.41, 5.74) is -0.931. The van der Waals surface area contributed by atoms with Crippen LogP contribution < -0.4 is 19.9 Å². The molecule has 4 amide bonds. The first-order chi connectivity index (χ1) is 16.1. The minimum absolute atomic E-state index is 0.133. The molecule has 12 heteroatoms. The van der Waals surface area contributed by atoms with Crippen LogP contribution in [0.4, 0.5) is 35.2 Å². The zero-order valence-electron chi connectivity index (χ0n) is 17.5. The van der Waals surface area contributed by atoms with E-state index in [9.17, 15) is 27.6 Å². The first-order valence-electron chi connectivity index (χ1n) is 9.80. The highest BCUT2D eigenvalue weighted by atomic mass is 19.4. The molecule has 1 saturated heterocycles. The maximum Gasteiger partial charge on any atom is 0.417 e. The van der Waals surface area contributed by atoms with Gasteiger partial charge in [0.2, 0.25) is 5.91 Å². The normalized spacial score (nSPS) is 13.9. The first kappa shape index (κ1) is 22.7. The van der Waals surface area contributed by atoms with Gasteiger partial charge in [0, 0.05) is 13.1 Å². The average Bonchev–Trinajstić information content (AvgIpc) is 3.09. The third-order valence-electron chi connectivity index (χ3n) is 4.70. The molecule has 2 aromatic heterocycles. The number of pyridine rings is 2. The fraction of sp³-hybridized carbons (Fsp3) is 0.136. The summed E-state index contributed by atoms with van der Waals surface area (Å²) >= 11 is 0. The standard InChI is InChI=1S/C22H16F3N5O4/c1-13(31)28-19-7-6-18(11-27-19)34-17-4-2-15(3-5-17)30-20(32)12-29(21(30)33)16-8-14(9-26-10-16)22(23,24)25/h2-11H,12H2,1H3,(H,27,28,31). The molecule has 1 aliphatic heterocycles. The van der Waals surface area contributed by atoms with Crippen LogP contribution in [0.1, 0.15) is 12.5 Å². The van der Waals surface area contributed by atoms with Crippen LogP contribution in [-0.4, -0.2) is 34.4 Å². The average molecular weight is 471 g/mol. The number of urea groups is 1. The van der Waals surface area contributed by atoms with E-state index < -0.39 is 30.2 Å². The molecule has 3 aromatic rings. The molecule has 3 heterocycles. The van der Waals surface area contributed by atoms with E-state index in [4.69, 9.17) is 4.74 Å². The highest BCUT2D eigenvalue weighted by molar-refractivity contribution is 6.26. The van der Waals surface area contributed by atoms with Crippen LogP contribution in [0.5, 0.6) is 11.5 Å². The van der Waals surface area contributed by atoms with Gasteiger partial charge in [0.25, 0.3) is 5.91 Å². The Bertz CT molecular complexity index is 1250. The van der Waals surface area contributed by atoms with Gasteiger partial charge in [-0.1, -0.05) is 0 Å². The van der Waals surface area contributed by atoms with Crippen molar-refractivity contribution in [3.63, 3.8) is 0 Å². The van der Waals surface area contributed by atoms with Gasteiger partial charge < -0.3 is 10.1 Å². The highest BCUT2D eigenvalue weighted by Crippen LogP contribution is 2.33. The van der Waals surface area contributed by atoms with Crippen molar-refractivity contribution in [1.29, 1.82) is 0 Å². The number of hydrogen-bond acceptors (Lipinski definition) is 6. The lowest BCUT2D eigenvalue weighted by Crippen LogP contribution is -2.33. The number of carbonyl (C=O) groups excluding carboxylic acids is 3. The number of aromatic nitrogens is 2. The lowest BCUT2D eigenvalue weighted by molar-refractivity contribution is -0.137. The van der Waals surface area contributed by atoms with Gasteiger partial charge in [-0.15, -0.1) is 0 Å². The van der Waals surface area contributed by atoms with Crippen molar-refractivity contribution in [2.75, 3.05) is 21.7 Å². The van der Waals surface area contributed by atoms with Crippen molar-refractivity contribution in [3.05, 3.63) is 66.6 Å². The number of rotatable bonds is 5. The van der Waals surface area contributed by atoms with Crippen molar-refractivity contribution in [2.45, 2.75) is 13.1 Å². The van der Waals surface area contributed by atoms with Crippen molar-refractivity contribution in [1.82, 2.24) is 9.97 Å². The number of nitrogens with zero attached hydrogens (tertiary/aromatic N) is 4. The lowest BCUT2D eigenvalue weighted by Gasteiger charge is -2.18. The topological polar surface area (TPSA) is 105 Å². The van der Waals surface area contributed by atoms with Crippen molar-refractivity contribution in [3.8, 4) is 11.5 Å². The predicted octanol–water partition coefficient (Wildman–Crippen LogP) is 4.22. The van der Waals surface area contributed by atoms with E-state index in [0.29, 0.717) is 23.5 Å². The zero-order valence-corrected chi connectivity index (χ0v) is 17.5. The Morgan fingerprint density at radius 2 is 1.71 bits per heavy atom. The van der Waals surface area contributed by atoms with Crippen molar-refractivity contribution >= 4 is 35.0 Å². The molecule has 1 aromatic carbocycles. The van der Waals surface area contributed by atoms with Gasteiger partial charge in [0.15, 0.2) is 0 Å². The highest BCUT2D eigenvalue weighted by Gasteiger charge is 2.39. The monoisotopic (exact) mass is 471 g/mol. The summed E-state index contributed by atoms with van der Waals surface area (Å²) < 4.78 is 44.6. The van der Waals surface area contributed by atoms with Gasteiger partial charge in [0.05, 0.1) is 29.3 Å². The van der Waals surface area contributed by atoms with E-state index in [1.54, 1.807) is 12.1 Å². The van der Waals surface area contributed by atoms with Crippen LogP contribution in [0, 0.1) is 0 Å². The van der Waals surface area contributed by atoms with Crippen LogP contribution in [0.25, 0.3) is 0 Å². The van der Waals surface area contributed by atoms with E-state index in [2.05, 4.69) is 15.3 Å². The number of alkyl halides is 3. The largest absolute Gasteiger partial charge is 0.456 e. The molecule has 34 heavy (non-hydrogen) atoms. The molecule has 9 nitrogen and oxygen atoms in total. The van der Waals surface area contributed by atoms with E-state index >= 15 is 0 Å². The first-order valence-corrected chi connectivity index (χ1v) is 9.80. The summed E-state index contributed by atoms with van der Waals surface area (Å²) in [6, 6.07) is 9.11. The number of ether oxygens (including phenoxy) is 1. The van der Waals surface area contributed by atoms with Crippen LogP contribution in [0.2, 0.25) is 0 Å². The summed E-state index contributed by atoms with van der Waals surface area (Å²) in [4.78, 5) is 45.7. The van der Waals surface area contributed by atoms with E-state index in [-0.39, 0.29) is 17.3 Å². The molecule has 0 unspecified atom stereocenters. The molecule has 0 aliphatic carbocycles. The molecule has 4 rings (SSSR count). The minimum atomic E-state index is -4.63. The molecule has 0 spiro atoms. The molecule has 0 atom stereocenters. The number of anilines is 3. The third-order valence-corrected chi connectivity index (χ3v) is 4.70. The molecule has 1 fully saturated rings. The smallest absolute Gasteiger partial charge is 0.417 e. The summed E-state index contributed by atoms with van der Waals surface area (Å²) in [6.07, 6.45) is -1.49. The van der Waals surface area contributed by atoms with Gasteiger partial charge in [-0.05, 0) is 42.5 Å². The number of carbonyl (C=O) groups is 3. The fourth-order valence-electron chi connectivity index (χ4n) is 3.18. The number of imide groups is 1. The van der Waals surface area contributed by atoms with Gasteiger partial charge in [-0.25, -0.2) is 14.7 Å². The van der Waals surface area contributed by atoms with Gasteiger partial charge in [-0.3, -0.25) is 19.5 Å². The molecule has 174 valence electrons. The Kier molecular flexibility index (Phi) is 5.88. The van der Waals surface area contributed by atoms with Crippen molar-refractivity contribution < 1.29 is 32.3 Å². The van der Waals surface area contributed by atoms with Gasteiger partial charge >= 0.3 is 12.2 Å². The van der Waals surface area contributed by atoms with Crippen LogP contribution in [-0.2, 0) is 15.8 Å². The second-order valence-electron chi connectivity index (χ2n) is 7.18. The lowest BCUT2D eigenvalue weighted by atomic mass is 10.2. The Balaban J connectivity index is 1.48. The van der Waals surface area contributed by atoms with Gasteiger partial charge in [-0.2, -0.15) is 13.2 Å². The second-order valence-corrected chi connectivity index (χ2v) is 7.18. The van der Waals surface area contributed by atoms with Crippen LogP contribution >= 0.6 is 0 Å². The Hall–Kier alpha value is -4.48. The Morgan fingerprint density at radius 3 is 2.32 bits per heavy atom. The number of hydrogen-bond donors (Lipinski definition) is 1. The number of amides is 4. The zero-order chi connectivity index (χ0) is 24.5. The summed E-state index contributed by atoms with van der Waals surface area (Å²) in [7, 11) is 0. The molecule has 0 saturated carbocycles. The third kappa shape index (κ3) is 4.80. The number of benzene rings is 1. The van der Waals surface area contributed by atoms with E-state index in [1.165, 1.54) is 37.4 Å². The van der Waals surface area contributed by atoms with E-state index in [1.807, 2.05) is 0 Å².